The van der Waals surface area contributed by atoms with E-state index in [4.69, 9.17) is 0 Å². The van der Waals surface area contributed by atoms with E-state index in [9.17, 15) is 22.0 Å². The van der Waals surface area contributed by atoms with Crippen molar-refractivity contribution in [2.75, 3.05) is 12.3 Å². The van der Waals surface area contributed by atoms with Gasteiger partial charge < -0.3 is 10.2 Å². The van der Waals surface area contributed by atoms with Crippen LogP contribution in [-0.4, -0.2) is 49.7 Å². The number of piperidine rings is 1. The summed E-state index contributed by atoms with van der Waals surface area (Å²) >= 11 is 0. The highest BCUT2D eigenvalue weighted by atomic mass is 32.2. The van der Waals surface area contributed by atoms with Crippen LogP contribution in [0.3, 0.4) is 0 Å². The Morgan fingerprint density at radius 2 is 1.81 bits per heavy atom. The molecule has 1 aromatic carbocycles. The zero-order chi connectivity index (χ0) is 19.0. The van der Waals surface area contributed by atoms with Crippen molar-refractivity contribution >= 4 is 15.9 Å². The Morgan fingerprint density at radius 1 is 1.19 bits per heavy atom. The second kappa shape index (κ2) is 5.43. The molecule has 1 N–H and O–H groups in total. The molecule has 8 heteroatoms. The number of hydrogen-bond donors (Lipinski definition) is 1. The van der Waals surface area contributed by atoms with Gasteiger partial charge in [-0.25, -0.2) is 22.0 Å². The third-order valence-corrected chi connectivity index (χ3v) is 8.82. The van der Waals surface area contributed by atoms with E-state index in [-0.39, 0.29) is 42.8 Å². The first-order valence-electron chi connectivity index (χ1n) is 9.48. The molecule has 0 aromatic heterocycles. The normalized spacial score (nSPS) is 37.3. The van der Waals surface area contributed by atoms with Gasteiger partial charge in [0, 0.05) is 36.4 Å². The minimum atomic E-state index is -3.31. The lowest BCUT2D eigenvalue weighted by molar-refractivity contribution is 0.0169. The van der Waals surface area contributed by atoms with Crippen LogP contribution >= 0.6 is 0 Å². The Bertz CT molecular complexity index is 903. The number of halogens is 2. The van der Waals surface area contributed by atoms with E-state index in [0.29, 0.717) is 17.7 Å². The van der Waals surface area contributed by atoms with Gasteiger partial charge in [-0.2, -0.15) is 0 Å². The quantitative estimate of drug-likeness (QED) is 0.836. The van der Waals surface area contributed by atoms with E-state index >= 15 is 0 Å². The zero-order valence-electron chi connectivity index (χ0n) is 14.8. The maximum absolute atomic E-state index is 13.8. The van der Waals surface area contributed by atoms with E-state index in [1.807, 2.05) is 0 Å². The van der Waals surface area contributed by atoms with Crippen molar-refractivity contribution in [3.8, 4) is 0 Å². The third-order valence-electron chi connectivity index (χ3n) is 6.93. The minimum absolute atomic E-state index is 0.00514. The van der Waals surface area contributed by atoms with Gasteiger partial charge >= 0.3 is 6.03 Å². The van der Waals surface area contributed by atoms with Gasteiger partial charge in [0.1, 0.15) is 0 Å². The fourth-order valence-electron chi connectivity index (χ4n) is 5.52. The summed E-state index contributed by atoms with van der Waals surface area (Å²) in [7, 11) is -3.31. The predicted octanol–water partition coefficient (Wildman–Crippen LogP) is 2.92. The van der Waals surface area contributed by atoms with E-state index in [1.165, 1.54) is 0 Å². The lowest BCUT2D eigenvalue weighted by atomic mass is 9.87. The molecule has 2 amide bonds. The Hall–Kier alpha value is -1.70. The zero-order valence-corrected chi connectivity index (χ0v) is 15.6. The molecule has 1 aliphatic carbocycles. The van der Waals surface area contributed by atoms with Crippen molar-refractivity contribution in [2.24, 2.45) is 5.41 Å². The third kappa shape index (κ3) is 2.52. The molecule has 1 saturated carbocycles. The largest absolute Gasteiger partial charge is 0.337 e. The lowest BCUT2D eigenvalue weighted by Gasteiger charge is -2.39. The molecule has 3 unspecified atom stereocenters. The second-order valence-corrected chi connectivity index (χ2v) is 10.6. The van der Waals surface area contributed by atoms with Crippen molar-refractivity contribution in [3.05, 3.63) is 29.8 Å². The topological polar surface area (TPSA) is 66.5 Å². The molecule has 3 heterocycles. The average molecular weight is 396 g/mol. The summed E-state index contributed by atoms with van der Waals surface area (Å²) in [4.78, 5) is 14.9. The highest BCUT2D eigenvalue weighted by molar-refractivity contribution is 7.91. The maximum Gasteiger partial charge on any atom is 0.317 e. The number of alkyl halides is 2. The Kier molecular flexibility index (Phi) is 3.50. The summed E-state index contributed by atoms with van der Waals surface area (Å²) < 4.78 is 52.1. The van der Waals surface area contributed by atoms with Crippen LogP contribution in [0.2, 0.25) is 0 Å². The van der Waals surface area contributed by atoms with Crippen molar-refractivity contribution < 1.29 is 22.0 Å². The van der Waals surface area contributed by atoms with Crippen molar-refractivity contribution in [2.45, 2.75) is 60.9 Å². The second-order valence-electron chi connectivity index (χ2n) is 8.56. The summed E-state index contributed by atoms with van der Waals surface area (Å²) in [5, 5.41) is 2.88. The van der Waals surface area contributed by atoms with Gasteiger partial charge in [0.25, 0.3) is 5.92 Å². The number of nitrogens with one attached hydrogen (secondary N) is 1. The van der Waals surface area contributed by atoms with Crippen LogP contribution in [0, 0.1) is 5.41 Å². The number of rotatable bonds is 2. The molecule has 4 aliphatic rings. The molecule has 2 saturated heterocycles. The number of nitrogens with zero attached hydrogens (tertiary/aromatic N) is 1. The van der Waals surface area contributed by atoms with Crippen LogP contribution in [0.15, 0.2) is 29.2 Å². The number of urea groups is 1. The molecule has 5 nitrogen and oxygen atoms in total. The van der Waals surface area contributed by atoms with E-state index in [1.54, 1.807) is 29.2 Å². The first-order chi connectivity index (χ1) is 12.7. The number of sulfone groups is 1. The molecule has 3 atom stereocenters. The van der Waals surface area contributed by atoms with Gasteiger partial charge in [-0.1, -0.05) is 18.2 Å². The number of benzene rings is 1. The molecule has 146 valence electrons. The number of fused-ring (bicyclic) bond motifs is 3. The molecule has 1 spiro atoms. The van der Waals surface area contributed by atoms with E-state index in [0.717, 1.165) is 18.4 Å². The molecule has 2 bridgehead atoms. The molecule has 27 heavy (non-hydrogen) atoms. The summed E-state index contributed by atoms with van der Waals surface area (Å²) in [5.74, 6) is -2.84. The standard InChI is InChI=1S/C19H22F2N2O3S/c20-19(21)11-18(19)7-13-5-6-14(8-18)23(13)17(24)22-9-12-10-27(25,26)16-4-2-1-3-15(12)16/h1-4,12-14H,5-11H2,(H,22,24). The molecule has 1 aromatic rings. The van der Waals surface area contributed by atoms with Crippen LogP contribution in [0.1, 0.15) is 43.6 Å². The highest BCUT2D eigenvalue weighted by Crippen LogP contribution is 2.69. The van der Waals surface area contributed by atoms with Gasteiger partial charge in [0.2, 0.25) is 0 Å². The highest BCUT2D eigenvalue weighted by Gasteiger charge is 2.74. The predicted molar refractivity (Wildman–Crippen MR) is 94.5 cm³/mol. The molecule has 3 fully saturated rings. The van der Waals surface area contributed by atoms with E-state index < -0.39 is 21.2 Å². The first kappa shape index (κ1) is 17.4. The summed E-state index contributed by atoms with van der Waals surface area (Å²) in [6, 6.07) is 6.39. The van der Waals surface area contributed by atoms with Gasteiger partial charge in [0.05, 0.1) is 10.6 Å². The van der Waals surface area contributed by atoms with Crippen molar-refractivity contribution in [3.63, 3.8) is 0 Å². The summed E-state index contributed by atoms with van der Waals surface area (Å²) in [6.07, 6.45) is 2.27. The van der Waals surface area contributed by atoms with Crippen LogP contribution in [-0.2, 0) is 9.84 Å². The van der Waals surface area contributed by atoms with Crippen LogP contribution in [0.4, 0.5) is 13.6 Å². The van der Waals surface area contributed by atoms with Gasteiger partial charge in [0.15, 0.2) is 9.84 Å². The van der Waals surface area contributed by atoms with Gasteiger partial charge in [-0.15, -0.1) is 0 Å². The summed E-state index contributed by atoms with van der Waals surface area (Å²) in [5.41, 5.74) is -0.135. The Morgan fingerprint density at radius 3 is 2.44 bits per heavy atom. The smallest absolute Gasteiger partial charge is 0.317 e. The lowest BCUT2D eigenvalue weighted by Crippen LogP contribution is -2.52. The first-order valence-corrected chi connectivity index (χ1v) is 11.1. The van der Waals surface area contributed by atoms with Crippen molar-refractivity contribution in [1.82, 2.24) is 10.2 Å². The van der Waals surface area contributed by atoms with E-state index in [2.05, 4.69) is 5.32 Å². The van der Waals surface area contributed by atoms with Crippen molar-refractivity contribution in [1.29, 1.82) is 0 Å². The Labute approximate surface area is 157 Å². The van der Waals surface area contributed by atoms with Gasteiger partial charge in [-0.3, -0.25) is 0 Å². The molecule has 3 aliphatic heterocycles. The molecular formula is C19H22F2N2O3S. The van der Waals surface area contributed by atoms with Crippen LogP contribution in [0.5, 0.6) is 0 Å². The molecule has 5 rings (SSSR count). The number of carbonyl (C=O) groups is 1. The van der Waals surface area contributed by atoms with Crippen LogP contribution in [0.25, 0.3) is 0 Å². The maximum atomic E-state index is 13.8. The number of hydrogen-bond acceptors (Lipinski definition) is 3. The summed E-state index contributed by atoms with van der Waals surface area (Å²) in [6.45, 7) is 0.242. The fourth-order valence-corrected chi connectivity index (χ4v) is 7.41. The number of carbonyl (C=O) groups excluding carboxylic acids is 1. The minimum Gasteiger partial charge on any atom is -0.337 e. The Balaban J connectivity index is 1.27. The number of amides is 2. The fraction of sp³-hybridized carbons (Fsp3) is 0.632. The van der Waals surface area contributed by atoms with Crippen LogP contribution < -0.4 is 5.32 Å². The molecular weight excluding hydrogens is 374 g/mol. The SMILES string of the molecule is O=C(NCC1CS(=O)(=O)c2ccccc21)N1C2CCC1CC1(C2)CC1(F)F. The monoisotopic (exact) mass is 396 g/mol. The average Bonchev–Trinajstić information content (AvgIpc) is 2.85. The van der Waals surface area contributed by atoms with Gasteiger partial charge in [-0.05, 0) is 37.3 Å². The molecule has 0 radical (unpaired) electrons.